The van der Waals surface area contributed by atoms with Crippen molar-refractivity contribution < 1.29 is 4.28 Å². The predicted octanol–water partition coefficient (Wildman–Crippen LogP) is 2.23. The highest BCUT2D eigenvalue weighted by atomic mass is 35.5. The normalized spacial score (nSPS) is 9.73. The van der Waals surface area contributed by atoms with Crippen LogP contribution in [0.25, 0.3) is 0 Å². The number of nitrogens with one attached hydrogen (secondary N) is 1. The first-order chi connectivity index (χ1) is 5.24. The fourth-order valence-corrected chi connectivity index (χ4v) is 0.916. The molecule has 0 aliphatic heterocycles. The van der Waals surface area contributed by atoms with Crippen LogP contribution in [-0.4, -0.2) is 4.98 Å². The summed E-state index contributed by atoms with van der Waals surface area (Å²) >= 11 is 9.20. The molecule has 3 nitrogen and oxygen atoms in total. The molecule has 0 aliphatic carbocycles. The van der Waals surface area contributed by atoms with Gasteiger partial charge in [-0.3, -0.25) is 10.5 Å². The molecule has 0 aromatic carbocycles. The summed E-state index contributed by atoms with van der Waals surface area (Å²) in [6, 6.07) is 1.71. The molecule has 0 radical (unpaired) electrons. The van der Waals surface area contributed by atoms with E-state index < -0.39 is 0 Å². The minimum absolute atomic E-state index is 0.559. The number of halogens is 1. The first-order valence-electron chi connectivity index (χ1n) is 2.92. The number of thiol groups is 1. The Morgan fingerprint density at radius 2 is 2.45 bits per heavy atom. The van der Waals surface area contributed by atoms with Gasteiger partial charge in [-0.25, -0.2) is 4.28 Å². The quantitative estimate of drug-likeness (QED) is 0.427. The maximum atomic E-state index is 5.67. The number of aromatic nitrogens is 1. The van der Waals surface area contributed by atoms with Gasteiger partial charge in [-0.05, 0) is 13.0 Å². The number of hydrogen-bond acceptors (Lipinski definition) is 4. The summed E-state index contributed by atoms with van der Waals surface area (Å²) in [5, 5.41) is 0.559. The second-order valence-electron chi connectivity index (χ2n) is 1.98. The molecule has 0 fully saturated rings. The number of anilines is 1. The lowest BCUT2D eigenvalue weighted by Gasteiger charge is -2.04. The lowest BCUT2D eigenvalue weighted by atomic mass is 10.3. The maximum absolute atomic E-state index is 5.67. The molecule has 11 heavy (non-hydrogen) atoms. The Kier molecular flexibility index (Phi) is 2.99. The third-order valence-electron chi connectivity index (χ3n) is 1.21. The van der Waals surface area contributed by atoms with Crippen molar-refractivity contribution in [2.45, 2.75) is 6.92 Å². The largest absolute Gasteiger partial charge is 0.258 e. The van der Waals surface area contributed by atoms with E-state index in [4.69, 9.17) is 11.6 Å². The molecule has 1 aromatic heterocycles. The van der Waals surface area contributed by atoms with Crippen molar-refractivity contribution in [2.75, 3.05) is 5.48 Å². The SMILES string of the molecule is Cc1ncc(Cl)cc1NOS. The highest BCUT2D eigenvalue weighted by Crippen LogP contribution is 2.17. The molecule has 1 rings (SSSR count). The van der Waals surface area contributed by atoms with Crippen LogP contribution >= 0.6 is 24.5 Å². The van der Waals surface area contributed by atoms with Crippen LogP contribution in [0.1, 0.15) is 5.69 Å². The number of nitrogens with zero attached hydrogens (tertiary/aromatic N) is 1. The van der Waals surface area contributed by atoms with E-state index in [2.05, 4.69) is 27.7 Å². The summed E-state index contributed by atoms with van der Waals surface area (Å²) in [5.74, 6) is 0. The fourth-order valence-electron chi connectivity index (χ4n) is 0.660. The number of rotatable bonds is 2. The molecule has 1 heterocycles. The van der Waals surface area contributed by atoms with Gasteiger partial charge >= 0.3 is 0 Å². The molecule has 1 N–H and O–H groups in total. The van der Waals surface area contributed by atoms with Gasteiger partial charge in [0.2, 0.25) is 0 Å². The van der Waals surface area contributed by atoms with Crippen LogP contribution in [0.5, 0.6) is 0 Å². The van der Waals surface area contributed by atoms with Crippen molar-refractivity contribution in [3.63, 3.8) is 0 Å². The van der Waals surface area contributed by atoms with Crippen molar-refractivity contribution in [3.8, 4) is 0 Å². The summed E-state index contributed by atoms with van der Waals surface area (Å²) in [4.78, 5) is 3.99. The van der Waals surface area contributed by atoms with Gasteiger partial charge in [0.15, 0.2) is 0 Å². The first-order valence-corrected chi connectivity index (χ1v) is 3.67. The third-order valence-corrected chi connectivity index (χ3v) is 1.51. The Morgan fingerprint density at radius 3 is 3.09 bits per heavy atom. The van der Waals surface area contributed by atoms with Crippen molar-refractivity contribution >= 4 is 30.2 Å². The Bertz CT molecular complexity index is 256. The monoisotopic (exact) mass is 190 g/mol. The standard InChI is InChI=1S/C6H7ClN2OS/c1-4-6(9-10-11)2-5(7)3-8-4/h2-3,9,11H,1H3. The molecule has 5 heteroatoms. The molecular weight excluding hydrogens is 184 g/mol. The van der Waals surface area contributed by atoms with Crippen LogP contribution in [0, 0.1) is 6.92 Å². The van der Waals surface area contributed by atoms with Crippen molar-refractivity contribution in [1.29, 1.82) is 0 Å². The Morgan fingerprint density at radius 1 is 1.73 bits per heavy atom. The topological polar surface area (TPSA) is 34.2 Å². The van der Waals surface area contributed by atoms with Gasteiger partial charge in [0.25, 0.3) is 0 Å². The molecule has 0 saturated carbocycles. The van der Waals surface area contributed by atoms with E-state index in [1.54, 1.807) is 12.3 Å². The van der Waals surface area contributed by atoms with Gasteiger partial charge in [-0.15, -0.1) is 0 Å². The molecule has 0 spiro atoms. The van der Waals surface area contributed by atoms with Crippen LogP contribution in [-0.2, 0) is 4.28 Å². The zero-order valence-electron chi connectivity index (χ0n) is 5.84. The summed E-state index contributed by atoms with van der Waals surface area (Å²) in [6.45, 7) is 1.84. The number of pyridine rings is 1. The van der Waals surface area contributed by atoms with Crippen LogP contribution in [0.3, 0.4) is 0 Å². The van der Waals surface area contributed by atoms with Gasteiger partial charge in [0.1, 0.15) is 0 Å². The maximum Gasteiger partial charge on any atom is 0.0843 e. The van der Waals surface area contributed by atoms with E-state index in [0.29, 0.717) is 10.7 Å². The Balaban J connectivity index is 2.93. The molecule has 1 aromatic rings. The molecule has 0 bridgehead atoms. The average Bonchev–Trinajstić information content (AvgIpc) is 1.98. The predicted molar refractivity (Wildman–Crippen MR) is 47.7 cm³/mol. The average molecular weight is 191 g/mol. The van der Waals surface area contributed by atoms with E-state index in [1.807, 2.05) is 6.92 Å². The molecule has 0 amide bonds. The Labute approximate surface area is 75.3 Å². The second-order valence-corrected chi connectivity index (χ2v) is 2.60. The van der Waals surface area contributed by atoms with Gasteiger partial charge in [0, 0.05) is 19.1 Å². The number of aryl methyl sites for hydroxylation is 1. The molecule has 0 aliphatic rings. The van der Waals surface area contributed by atoms with Crippen molar-refractivity contribution in [2.24, 2.45) is 0 Å². The minimum atomic E-state index is 0.559. The third kappa shape index (κ3) is 2.25. The van der Waals surface area contributed by atoms with Crippen LogP contribution in [0.4, 0.5) is 5.69 Å². The number of hydrogen-bond donors (Lipinski definition) is 2. The van der Waals surface area contributed by atoms with Crippen LogP contribution in [0.15, 0.2) is 12.3 Å². The van der Waals surface area contributed by atoms with Gasteiger partial charge < -0.3 is 0 Å². The summed E-state index contributed by atoms with van der Waals surface area (Å²) in [7, 11) is 0. The lowest BCUT2D eigenvalue weighted by Crippen LogP contribution is -1.95. The molecule has 0 saturated heterocycles. The van der Waals surface area contributed by atoms with E-state index >= 15 is 0 Å². The fraction of sp³-hybridized carbons (Fsp3) is 0.167. The first kappa shape index (κ1) is 8.64. The molecule has 60 valence electrons. The van der Waals surface area contributed by atoms with Crippen LogP contribution < -0.4 is 5.48 Å². The Hall–Kier alpha value is -0.450. The van der Waals surface area contributed by atoms with Crippen LogP contribution in [0.2, 0.25) is 5.02 Å². The highest BCUT2D eigenvalue weighted by molar-refractivity contribution is 7.75. The minimum Gasteiger partial charge on any atom is -0.258 e. The highest BCUT2D eigenvalue weighted by Gasteiger charge is 1.98. The summed E-state index contributed by atoms with van der Waals surface area (Å²) < 4.78 is 4.41. The molecule has 0 unspecified atom stereocenters. The van der Waals surface area contributed by atoms with Gasteiger partial charge in [-0.2, -0.15) is 0 Å². The van der Waals surface area contributed by atoms with Gasteiger partial charge in [-0.1, -0.05) is 11.6 Å². The van der Waals surface area contributed by atoms with E-state index in [-0.39, 0.29) is 0 Å². The lowest BCUT2D eigenvalue weighted by molar-refractivity contribution is 0.486. The van der Waals surface area contributed by atoms with Crippen molar-refractivity contribution in [1.82, 2.24) is 4.98 Å². The zero-order valence-corrected chi connectivity index (χ0v) is 7.49. The van der Waals surface area contributed by atoms with E-state index in [1.165, 1.54) is 0 Å². The van der Waals surface area contributed by atoms with Gasteiger partial charge in [0.05, 0.1) is 16.4 Å². The summed E-state index contributed by atoms with van der Waals surface area (Å²) in [5.41, 5.74) is 4.06. The summed E-state index contributed by atoms with van der Waals surface area (Å²) in [6.07, 6.45) is 1.57. The second kappa shape index (κ2) is 3.80. The molecule has 0 atom stereocenters. The zero-order chi connectivity index (χ0) is 8.27. The molecular formula is C6H7ClN2OS. The van der Waals surface area contributed by atoms with E-state index in [9.17, 15) is 0 Å². The smallest absolute Gasteiger partial charge is 0.0843 e. The van der Waals surface area contributed by atoms with Crippen molar-refractivity contribution in [3.05, 3.63) is 23.0 Å². The van der Waals surface area contributed by atoms with E-state index in [0.717, 1.165) is 5.69 Å².